The summed E-state index contributed by atoms with van der Waals surface area (Å²) in [6, 6.07) is 3.88. The highest BCUT2D eigenvalue weighted by molar-refractivity contribution is 6.32. The van der Waals surface area contributed by atoms with Crippen LogP contribution < -0.4 is 4.74 Å². The Labute approximate surface area is 184 Å². The van der Waals surface area contributed by atoms with Crippen LogP contribution in [-0.4, -0.2) is 41.1 Å². The van der Waals surface area contributed by atoms with Gasteiger partial charge in [-0.1, -0.05) is 11.6 Å². The summed E-state index contributed by atoms with van der Waals surface area (Å²) in [4.78, 5) is 25.3. The molecule has 1 N–H and O–H groups in total. The number of nitriles is 1. The molecule has 8 heteroatoms. The lowest BCUT2D eigenvalue weighted by Crippen LogP contribution is -2.41. The van der Waals surface area contributed by atoms with Gasteiger partial charge in [0, 0.05) is 12.6 Å². The first-order valence-corrected chi connectivity index (χ1v) is 11.3. The second-order valence-corrected chi connectivity index (χ2v) is 9.98. The van der Waals surface area contributed by atoms with Gasteiger partial charge in [-0.2, -0.15) is 5.26 Å². The van der Waals surface area contributed by atoms with E-state index < -0.39 is 29.2 Å². The van der Waals surface area contributed by atoms with Crippen molar-refractivity contribution in [3.05, 3.63) is 28.5 Å². The monoisotopic (exact) mass is 446 g/mol. The molecule has 5 unspecified atom stereocenters. The molecule has 1 amide bonds. The van der Waals surface area contributed by atoms with Gasteiger partial charge >= 0.3 is 5.97 Å². The van der Waals surface area contributed by atoms with Crippen molar-refractivity contribution in [3.8, 4) is 11.8 Å². The maximum Gasteiger partial charge on any atom is 0.326 e. The average molecular weight is 447 g/mol. The van der Waals surface area contributed by atoms with Gasteiger partial charge in [0.15, 0.2) is 0 Å². The SMILES string of the molecule is N#CC1(COc2cc(F)c(C(=O)N3CCC[C@H]3C(=O)O)cc2Cl)C2CC3CC(C2)C1C3. The molecule has 4 aliphatic carbocycles. The Morgan fingerprint density at radius 1 is 1.32 bits per heavy atom. The first kappa shape index (κ1) is 20.6. The van der Waals surface area contributed by atoms with Gasteiger partial charge in [0.25, 0.3) is 5.91 Å². The highest BCUT2D eigenvalue weighted by Crippen LogP contribution is 2.66. The van der Waals surface area contributed by atoms with Crippen LogP contribution in [0.5, 0.6) is 5.75 Å². The highest BCUT2D eigenvalue weighted by atomic mass is 35.5. The van der Waals surface area contributed by atoms with E-state index in [1.165, 1.54) is 17.4 Å². The van der Waals surface area contributed by atoms with Gasteiger partial charge in [-0.25, -0.2) is 9.18 Å². The van der Waals surface area contributed by atoms with Crippen LogP contribution in [0, 0.1) is 46.2 Å². The number of benzene rings is 1. The standard InChI is InChI=1S/C23H24ClFN2O4/c24-17-8-15(21(28)27-3-1-2-19(27)22(29)30)18(25)9-20(17)31-11-23(10-26)14-5-12-4-13(7-14)16(23)6-12/h8-9,12-14,16,19H,1-7,11H2,(H,29,30)/t12?,13?,14?,16?,19-,23?/m0/s1. The molecule has 164 valence electrons. The second-order valence-electron chi connectivity index (χ2n) is 9.57. The number of hydrogen-bond donors (Lipinski definition) is 1. The number of carbonyl (C=O) groups excluding carboxylic acids is 1. The summed E-state index contributed by atoms with van der Waals surface area (Å²) in [5.41, 5.74) is -0.824. The number of amides is 1. The number of nitrogens with zero attached hydrogens (tertiary/aromatic N) is 2. The van der Waals surface area contributed by atoms with Crippen LogP contribution in [-0.2, 0) is 4.79 Å². The Bertz CT molecular complexity index is 991. The van der Waals surface area contributed by atoms with Crippen LogP contribution in [0.3, 0.4) is 0 Å². The van der Waals surface area contributed by atoms with Crippen molar-refractivity contribution in [1.82, 2.24) is 4.90 Å². The van der Waals surface area contributed by atoms with E-state index in [1.807, 2.05) is 0 Å². The predicted octanol–water partition coefficient (Wildman–Crippen LogP) is 4.12. The van der Waals surface area contributed by atoms with Crippen LogP contribution in [0.15, 0.2) is 12.1 Å². The van der Waals surface area contributed by atoms with Crippen molar-refractivity contribution in [2.24, 2.45) is 29.1 Å². The minimum Gasteiger partial charge on any atom is -0.490 e. The molecule has 6 nitrogen and oxygen atoms in total. The molecule has 1 aromatic rings. The first-order chi connectivity index (χ1) is 14.8. The summed E-state index contributed by atoms with van der Waals surface area (Å²) in [5.74, 6) is -0.530. The lowest BCUT2D eigenvalue weighted by atomic mass is 9.65. The minimum atomic E-state index is -1.10. The topological polar surface area (TPSA) is 90.6 Å². The molecule has 1 aromatic carbocycles. The molecule has 0 aromatic heterocycles. The lowest BCUT2D eigenvalue weighted by Gasteiger charge is -2.38. The highest BCUT2D eigenvalue weighted by Gasteiger charge is 2.63. The number of rotatable bonds is 5. The van der Waals surface area contributed by atoms with Crippen LogP contribution >= 0.6 is 11.6 Å². The van der Waals surface area contributed by atoms with Crippen molar-refractivity contribution in [3.63, 3.8) is 0 Å². The zero-order valence-electron chi connectivity index (χ0n) is 17.0. The van der Waals surface area contributed by atoms with E-state index in [0.29, 0.717) is 30.6 Å². The van der Waals surface area contributed by atoms with Crippen molar-refractivity contribution in [2.75, 3.05) is 13.2 Å². The van der Waals surface area contributed by atoms with Gasteiger partial charge < -0.3 is 14.7 Å². The van der Waals surface area contributed by atoms with Gasteiger partial charge in [0.2, 0.25) is 0 Å². The molecule has 0 radical (unpaired) electrons. The van der Waals surface area contributed by atoms with Crippen molar-refractivity contribution < 1.29 is 23.8 Å². The predicted molar refractivity (Wildman–Crippen MR) is 109 cm³/mol. The molecule has 1 aliphatic heterocycles. The van der Waals surface area contributed by atoms with Gasteiger partial charge in [0.05, 0.1) is 22.1 Å². The number of halogens is 2. The third kappa shape index (κ3) is 3.10. The Balaban J connectivity index is 1.35. The smallest absolute Gasteiger partial charge is 0.326 e. The maximum atomic E-state index is 14.8. The number of hydrogen-bond acceptors (Lipinski definition) is 4. The fourth-order valence-corrected chi connectivity index (χ4v) is 6.98. The fraction of sp³-hybridized carbons (Fsp3) is 0.609. The third-order valence-corrected chi connectivity index (χ3v) is 8.41. The molecule has 4 bridgehead atoms. The summed E-state index contributed by atoms with van der Waals surface area (Å²) in [6.45, 7) is 0.433. The number of likely N-dealkylation sites (tertiary alicyclic amines) is 1. The van der Waals surface area contributed by atoms with E-state index in [4.69, 9.17) is 16.3 Å². The third-order valence-electron chi connectivity index (χ3n) is 8.11. The molecule has 1 saturated heterocycles. The van der Waals surface area contributed by atoms with Crippen molar-refractivity contribution in [2.45, 2.75) is 44.6 Å². The van der Waals surface area contributed by atoms with E-state index in [9.17, 15) is 24.3 Å². The molecule has 0 spiro atoms. The Morgan fingerprint density at radius 2 is 2.13 bits per heavy atom. The van der Waals surface area contributed by atoms with Gasteiger partial charge in [-0.05, 0) is 68.3 Å². The van der Waals surface area contributed by atoms with Gasteiger partial charge in [-0.3, -0.25) is 4.79 Å². The molecule has 6 rings (SSSR count). The Morgan fingerprint density at radius 3 is 2.84 bits per heavy atom. The van der Waals surface area contributed by atoms with Crippen LogP contribution in [0.2, 0.25) is 5.02 Å². The fourth-order valence-electron chi connectivity index (χ4n) is 6.76. The summed E-state index contributed by atoms with van der Waals surface area (Å²) in [5, 5.41) is 19.4. The molecule has 4 saturated carbocycles. The lowest BCUT2D eigenvalue weighted by molar-refractivity contribution is -0.141. The zero-order valence-corrected chi connectivity index (χ0v) is 17.8. The molecular weight excluding hydrogens is 423 g/mol. The number of carbonyl (C=O) groups is 2. The van der Waals surface area contributed by atoms with E-state index in [2.05, 4.69) is 6.07 Å². The van der Waals surface area contributed by atoms with Crippen LogP contribution in [0.4, 0.5) is 4.39 Å². The Kier molecular flexibility index (Phi) is 4.89. The van der Waals surface area contributed by atoms with E-state index in [1.54, 1.807) is 0 Å². The largest absolute Gasteiger partial charge is 0.490 e. The number of ether oxygens (including phenoxy) is 1. The molecule has 5 aliphatic rings. The van der Waals surface area contributed by atoms with Crippen molar-refractivity contribution in [1.29, 1.82) is 5.26 Å². The first-order valence-electron chi connectivity index (χ1n) is 10.9. The van der Waals surface area contributed by atoms with Crippen LogP contribution in [0.25, 0.3) is 0 Å². The number of carboxylic acids is 1. The van der Waals surface area contributed by atoms with Crippen molar-refractivity contribution >= 4 is 23.5 Å². The normalized spacial score (nSPS) is 35.4. The summed E-state index contributed by atoms with van der Waals surface area (Å²) >= 11 is 6.32. The van der Waals surface area contributed by atoms with Gasteiger partial charge in [0.1, 0.15) is 24.2 Å². The van der Waals surface area contributed by atoms with E-state index >= 15 is 0 Å². The summed E-state index contributed by atoms with van der Waals surface area (Å²) in [7, 11) is 0. The van der Waals surface area contributed by atoms with E-state index in [0.717, 1.165) is 31.2 Å². The summed E-state index contributed by atoms with van der Waals surface area (Å²) < 4.78 is 20.7. The zero-order chi connectivity index (χ0) is 21.9. The second kappa shape index (κ2) is 7.37. The molecular formula is C23H24ClFN2O4. The maximum absolute atomic E-state index is 14.8. The molecule has 5 fully saturated rings. The average Bonchev–Trinajstić information content (AvgIpc) is 3.40. The number of carboxylic acid groups (broad SMARTS) is 1. The molecule has 1 heterocycles. The minimum absolute atomic E-state index is 0.0800. The van der Waals surface area contributed by atoms with Gasteiger partial charge in [-0.15, -0.1) is 0 Å². The Hall–Kier alpha value is -2.33. The molecule has 6 atom stereocenters. The molecule has 31 heavy (non-hydrogen) atoms. The summed E-state index contributed by atoms with van der Waals surface area (Å²) in [6.07, 6.45) is 5.28. The van der Waals surface area contributed by atoms with Crippen LogP contribution in [0.1, 0.15) is 48.9 Å². The number of aliphatic carboxylic acids is 1. The quantitative estimate of drug-likeness (QED) is 0.734. The van der Waals surface area contributed by atoms with E-state index in [-0.39, 0.29) is 29.5 Å².